The van der Waals surface area contributed by atoms with Gasteiger partial charge in [0.2, 0.25) is 15.9 Å². The van der Waals surface area contributed by atoms with Crippen molar-refractivity contribution in [1.82, 2.24) is 0 Å². The number of nitrogens with two attached hydrogens (primary N) is 1. The summed E-state index contributed by atoms with van der Waals surface area (Å²) in [6.45, 7) is 2.50. The number of benzene rings is 1. The molecule has 1 saturated heterocycles. The molecule has 2 rings (SSSR count). The van der Waals surface area contributed by atoms with Crippen molar-refractivity contribution in [1.29, 1.82) is 0 Å². The zero-order valence-electron chi connectivity index (χ0n) is 11.8. The second-order valence-corrected chi connectivity index (χ2v) is 6.93. The molecule has 0 radical (unpaired) electrons. The molecule has 1 atom stereocenters. The average molecular weight is 334 g/mol. The normalized spacial score (nSPS) is 17.9. The predicted molar refractivity (Wildman–Crippen MR) is 86.3 cm³/mol. The number of carbonyl (C=O) groups excluding carboxylic acids is 1. The van der Waals surface area contributed by atoms with Gasteiger partial charge in [0.05, 0.1) is 11.4 Å². The maximum atomic E-state index is 11.9. The lowest BCUT2D eigenvalue weighted by Crippen LogP contribution is -2.27. The number of anilines is 2. The number of rotatable bonds is 4. The summed E-state index contributed by atoms with van der Waals surface area (Å²) in [4.78, 5) is 11.8. The van der Waals surface area contributed by atoms with Gasteiger partial charge in [-0.2, -0.15) is 0 Å². The van der Waals surface area contributed by atoms with Crippen molar-refractivity contribution in [2.24, 2.45) is 11.7 Å². The van der Waals surface area contributed by atoms with Crippen LogP contribution in [0, 0.1) is 5.92 Å². The minimum absolute atomic E-state index is 0. The molecule has 1 heterocycles. The largest absolute Gasteiger partial charge is 0.330 e. The smallest absolute Gasteiger partial charge is 0.235 e. The lowest BCUT2D eigenvalue weighted by Gasteiger charge is -2.18. The third-order valence-corrected chi connectivity index (χ3v) is 5.17. The van der Waals surface area contributed by atoms with Crippen LogP contribution in [0.2, 0.25) is 0 Å². The van der Waals surface area contributed by atoms with Crippen molar-refractivity contribution in [3.05, 3.63) is 24.3 Å². The Hall–Kier alpha value is -1.31. The van der Waals surface area contributed by atoms with Crippen LogP contribution in [0.15, 0.2) is 24.3 Å². The van der Waals surface area contributed by atoms with E-state index in [9.17, 15) is 13.2 Å². The van der Waals surface area contributed by atoms with Crippen LogP contribution in [0.1, 0.15) is 13.3 Å². The molecule has 1 fully saturated rings. The quantitative estimate of drug-likeness (QED) is 0.865. The fourth-order valence-electron chi connectivity index (χ4n) is 2.04. The van der Waals surface area contributed by atoms with Gasteiger partial charge in [0, 0.05) is 24.7 Å². The first-order valence-electron chi connectivity index (χ1n) is 6.55. The summed E-state index contributed by atoms with van der Waals surface area (Å²) >= 11 is 0. The lowest BCUT2D eigenvalue weighted by molar-refractivity contribution is -0.119. The SMILES string of the molecule is CC(CN)C(=O)Nc1cccc(N2CCCS2(=O)=O)c1.Cl. The standard InChI is InChI=1S/C13H19N3O3S.ClH/c1-10(9-14)13(17)15-11-4-2-5-12(8-11)16-6-3-7-20(16,18)19;/h2,4-5,8,10H,3,6-7,9,14H2,1H3,(H,15,17);1H. The Labute approximate surface area is 131 Å². The first-order chi connectivity index (χ1) is 9.44. The van der Waals surface area contributed by atoms with Gasteiger partial charge in [-0.15, -0.1) is 12.4 Å². The third-order valence-electron chi connectivity index (χ3n) is 3.30. The van der Waals surface area contributed by atoms with Crippen LogP contribution in [0.5, 0.6) is 0 Å². The Bertz CT molecular complexity index is 606. The fraction of sp³-hybridized carbons (Fsp3) is 0.462. The molecule has 1 unspecified atom stereocenters. The van der Waals surface area contributed by atoms with E-state index in [-0.39, 0.29) is 36.5 Å². The number of nitrogens with zero attached hydrogens (tertiary/aromatic N) is 1. The van der Waals surface area contributed by atoms with Gasteiger partial charge in [-0.3, -0.25) is 9.10 Å². The number of sulfonamides is 1. The monoisotopic (exact) mass is 333 g/mol. The van der Waals surface area contributed by atoms with Gasteiger partial charge in [-0.25, -0.2) is 8.42 Å². The van der Waals surface area contributed by atoms with Crippen molar-refractivity contribution >= 4 is 39.7 Å². The molecule has 21 heavy (non-hydrogen) atoms. The number of nitrogens with one attached hydrogen (secondary N) is 1. The summed E-state index contributed by atoms with van der Waals surface area (Å²) in [7, 11) is -3.21. The predicted octanol–water partition coefficient (Wildman–Crippen LogP) is 1.18. The summed E-state index contributed by atoms with van der Waals surface area (Å²) in [6.07, 6.45) is 0.628. The first-order valence-corrected chi connectivity index (χ1v) is 8.16. The molecule has 0 spiro atoms. The Morgan fingerprint density at radius 3 is 2.76 bits per heavy atom. The van der Waals surface area contributed by atoms with Crippen LogP contribution in [-0.4, -0.2) is 33.2 Å². The van der Waals surface area contributed by atoms with Gasteiger partial charge < -0.3 is 11.1 Å². The maximum absolute atomic E-state index is 11.9. The van der Waals surface area contributed by atoms with Crippen molar-refractivity contribution < 1.29 is 13.2 Å². The molecule has 0 saturated carbocycles. The Balaban J connectivity index is 0.00000220. The molecule has 0 aliphatic carbocycles. The highest BCUT2D eigenvalue weighted by Crippen LogP contribution is 2.26. The topological polar surface area (TPSA) is 92.5 Å². The van der Waals surface area contributed by atoms with Crippen molar-refractivity contribution in [3.8, 4) is 0 Å². The molecule has 3 N–H and O–H groups in total. The van der Waals surface area contributed by atoms with Crippen LogP contribution >= 0.6 is 12.4 Å². The highest BCUT2D eigenvalue weighted by Gasteiger charge is 2.28. The highest BCUT2D eigenvalue weighted by atomic mass is 35.5. The van der Waals surface area contributed by atoms with Crippen LogP contribution < -0.4 is 15.4 Å². The van der Waals surface area contributed by atoms with Gasteiger partial charge in [-0.05, 0) is 24.6 Å². The fourth-order valence-corrected chi connectivity index (χ4v) is 3.60. The van der Waals surface area contributed by atoms with E-state index in [4.69, 9.17) is 5.73 Å². The second kappa shape index (κ2) is 7.11. The number of hydrogen-bond acceptors (Lipinski definition) is 4. The average Bonchev–Trinajstić information content (AvgIpc) is 2.77. The molecule has 0 aromatic heterocycles. The third kappa shape index (κ3) is 4.09. The van der Waals surface area contributed by atoms with Gasteiger partial charge in [0.1, 0.15) is 0 Å². The van der Waals surface area contributed by atoms with Crippen molar-refractivity contribution in [2.45, 2.75) is 13.3 Å². The number of amides is 1. The highest BCUT2D eigenvalue weighted by molar-refractivity contribution is 7.93. The van der Waals surface area contributed by atoms with Crippen LogP contribution in [0.3, 0.4) is 0 Å². The van der Waals surface area contributed by atoms with Gasteiger partial charge in [-0.1, -0.05) is 13.0 Å². The zero-order chi connectivity index (χ0) is 14.8. The van der Waals surface area contributed by atoms with E-state index in [2.05, 4.69) is 5.32 Å². The molecule has 6 nitrogen and oxygen atoms in total. The molecular formula is C13H20ClN3O3S. The van der Waals surface area contributed by atoms with Crippen molar-refractivity contribution in [3.63, 3.8) is 0 Å². The molecule has 1 aliphatic heterocycles. The van der Waals surface area contributed by atoms with Gasteiger partial charge in [0.15, 0.2) is 0 Å². The van der Waals surface area contributed by atoms with E-state index in [1.165, 1.54) is 4.31 Å². The minimum atomic E-state index is -3.21. The zero-order valence-corrected chi connectivity index (χ0v) is 13.4. The van der Waals surface area contributed by atoms with E-state index in [1.54, 1.807) is 31.2 Å². The first kappa shape index (κ1) is 17.7. The summed E-state index contributed by atoms with van der Waals surface area (Å²) in [5.74, 6) is -0.281. The van der Waals surface area contributed by atoms with E-state index >= 15 is 0 Å². The lowest BCUT2D eigenvalue weighted by atomic mass is 10.1. The molecule has 1 aromatic carbocycles. The Kier molecular flexibility index (Phi) is 6.00. The summed E-state index contributed by atoms with van der Waals surface area (Å²) in [5, 5.41) is 2.74. The van der Waals surface area contributed by atoms with Crippen LogP contribution in [0.25, 0.3) is 0 Å². The number of halogens is 1. The van der Waals surface area contributed by atoms with E-state index in [0.717, 1.165) is 0 Å². The molecule has 118 valence electrons. The van der Waals surface area contributed by atoms with Gasteiger partial charge >= 0.3 is 0 Å². The molecule has 8 heteroatoms. The Morgan fingerprint density at radius 1 is 1.48 bits per heavy atom. The van der Waals surface area contributed by atoms with Crippen LogP contribution in [0.4, 0.5) is 11.4 Å². The molecular weight excluding hydrogens is 314 g/mol. The summed E-state index contributed by atoms with van der Waals surface area (Å²) < 4.78 is 25.1. The molecule has 0 bridgehead atoms. The summed E-state index contributed by atoms with van der Waals surface area (Å²) in [6, 6.07) is 6.86. The van der Waals surface area contributed by atoms with Crippen molar-refractivity contribution in [2.75, 3.05) is 28.5 Å². The van der Waals surface area contributed by atoms with E-state index < -0.39 is 10.0 Å². The van der Waals surface area contributed by atoms with Crippen LogP contribution in [-0.2, 0) is 14.8 Å². The summed E-state index contributed by atoms with van der Waals surface area (Å²) in [5.41, 5.74) is 6.61. The van der Waals surface area contributed by atoms with E-state index in [1.807, 2.05) is 0 Å². The molecule has 1 amide bonds. The molecule has 1 aromatic rings. The molecule has 1 aliphatic rings. The Morgan fingerprint density at radius 2 is 2.19 bits per heavy atom. The van der Waals surface area contributed by atoms with Gasteiger partial charge in [0.25, 0.3) is 0 Å². The number of carbonyl (C=O) groups is 1. The minimum Gasteiger partial charge on any atom is -0.330 e. The van der Waals surface area contributed by atoms with E-state index in [0.29, 0.717) is 24.3 Å². The number of hydrogen-bond donors (Lipinski definition) is 2. The second-order valence-electron chi connectivity index (χ2n) is 4.92. The maximum Gasteiger partial charge on any atom is 0.235 e.